The van der Waals surface area contributed by atoms with Crippen molar-refractivity contribution in [3.8, 4) is 0 Å². The Kier molecular flexibility index (Phi) is 2.60. The number of rotatable bonds is 2. The lowest BCUT2D eigenvalue weighted by Crippen LogP contribution is -2.24. The number of nitrogens with zero attached hydrogens (tertiary/aromatic N) is 3. The Morgan fingerprint density at radius 1 is 1.50 bits per heavy atom. The molecule has 0 N–H and O–H groups in total. The Bertz CT molecular complexity index is 468. The molecule has 2 rings (SSSR count). The number of nitro groups is 1. The standard InChI is InChI=1S/C11H13N3O2/c1-8-4-3-5-9(10(8)14(15)16)11-12-6-7-13(11)2/h3-5H,6-7H2,1-2H3. The molecule has 84 valence electrons. The maximum absolute atomic E-state index is 11.0. The summed E-state index contributed by atoms with van der Waals surface area (Å²) in [5, 5.41) is 11.0. The van der Waals surface area contributed by atoms with Gasteiger partial charge in [-0.1, -0.05) is 12.1 Å². The Morgan fingerprint density at radius 2 is 2.25 bits per heavy atom. The Morgan fingerprint density at radius 3 is 2.81 bits per heavy atom. The molecule has 0 aliphatic carbocycles. The van der Waals surface area contributed by atoms with Crippen molar-refractivity contribution in [3.05, 3.63) is 39.4 Å². The zero-order valence-corrected chi connectivity index (χ0v) is 9.30. The van der Waals surface area contributed by atoms with E-state index >= 15 is 0 Å². The summed E-state index contributed by atoms with van der Waals surface area (Å²) in [5.74, 6) is 0.718. The monoisotopic (exact) mass is 219 g/mol. The topological polar surface area (TPSA) is 58.7 Å². The smallest absolute Gasteiger partial charge is 0.283 e. The van der Waals surface area contributed by atoms with Crippen LogP contribution in [0.5, 0.6) is 0 Å². The summed E-state index contributed by atoms with van der Waals surface area (Å²) in [5.41, 5.74) is 1.45. The fourth-order valence-corrected chi connectivity index (χ4v) is 1.91. The summed E-state index contributed by atoms with van der Waals surface area (Å²) >= 11 is 0. The molecule has 1 aromatic carbocycles. The molecular formula is C11H13N3O2. The Labute approximate surface area is 93.6 Å². The number of aryl methyl sites for hydroxylation is 1. The van der Waals surface area contributed by atoms with Gasteiger partial charge in [0.2, 0.25) is 0 Å². The molecule has 1 aromatic rings. The predicted molar refractivity (Wildman–Crippen MR) is 61.9 cm³/mol. The largest absolute Gasteiger partial charge is 0.357 e. The summed E-state index contributed by atoms with van der Waals surface area (Å²) in [6.07, 6.45) is 0. The van der Waals surface area contributed by atoms with Crippen LogP contribution in [0.15, 0.2) is 23.2 Å². The van der Waals surface area contributed by atoms with Crippen LogP contribution in [0, 0.1) is 17.0 Å². The normalized spacial score (nSPS) is 15.1. The fourth-order valence-electron chi connectivity index (χ4n) is 1.91. The van der Waals surface area contributed by atoms with Crippen molar-refractivity contribution in [1.82, 2.24) is 4.90 Å². The predicted octanol–water partition coefficient (Wildman–Crippen LogP) is 1.60. The van der Waals surface area contributed by atoms with E-state index in [2.05, 4.69) is 4.99 Å². The van der Waals surface area contributed by atoms with Crippen molar-refractivity contribution in [3.63, 3.8) is 0 Å². The van der Waals surface area contributed by atoms with E-state index in [1.807, 2.05) is 18.0 Å². The highest BCUT2D eigenvalue weighted by molar-refractivity contribution is 6.03. The van der Waals surface area contributed by atoms with Crippen LogP contribution in [0.2, 0.25) is 0 Å². The molecule has 0 saturated heterocycles. The second-order valence-corrected chi connectivity index (χ2v) is 3.86. The van der Waals surface area contributed by atoms with E-state index in [1.165, 1.54) is 0 Å². The van der Waals surface area contributed by atoms with E-state index in [1.54, 1.807) is 19.1 Å². The zero-order valence-electron chi connectivity index (χ0n) is 9.30. The van der Waals surface area contributed by atoms with Crippen molar-refractivity contribution in [2.75, 3.05) is 20.1 Å². The van der Waals surface area contributed by atoms with Crippen molar-refractivity contribution in [1.29, 1.82) is 0 Å². The van der Waals surface area contributed by atoms with Crippen LogP contribution in [0.3, 0.4) is 0 Å². The first-order chi connectivity index (χ1) is 7.61. The van der Waals surface area contributed by atoms with E-state index in [4.69, 9.17) is 0 Å². The molecule has 0 fully saturated rings. The maximum atomic E-state index is 11.0. The number of para-hydroxylation sites is 1. The van der Waals surface area contributed by atoms with Crippen LogP contribution in [-0.2, 0) is 0 Å². The minimum Gasteiger partial charge on any atom is -0.357 e. The second kappa shape index (κ2) is 3.92. The molecule has 1 aliphatic rings. The maximum Gasteiger partial charge on any atom is 0.283 e. The third-order valence-electron chi connectivity index (χ3n) is 2.72. The quantitative estimate of drug-likeness (QED) is 0.560. The van der Waals surface area contributed by atoms with Gasteiger partial charge >= 0.3 is 0 Å². The van der Waals surface area contributed by atoms with E-state index in [9.17, 15) is 10.1 Å². The second-order valence-electron chi connectivity index (χ2n) is 3.86. The highest BCUT2D eigenvalue weighted by Crippen LogP contribution is 2.25. The summed E-state index contributed by atoms with van der Waals surface area (Å²) < 4.78 is 0. The minimum absolute atomic E-state index is 0.162. The van der Waals surface area contributed by atoms with Gasteiger partial charge < -0.3 is 4.90 Å². The molecule has 0 aromatic heterocycles. The molecule has 0 radical (unpaired) electrons. The molecule has 5 nitrogen and oxygen atoms in total. The van der Waals surface area contributed by atoms with Gasteiger partial charge in [-0.15, -0.1) is 0 Å². The van der Waals surface area contributed by atoms with Gasteiger partial charge in [0.25, 0.3) is 5.69 Å². The highest BCUT2D eigenvalue weighted by atomic mass is 16.6. The van der Waals surface area contributed by atoms with Crippen molar-refractivity contribution >= 4 is 11.5 Å². The molecule has 0 atom stereocenters. The molecule has 0 bridgehead atoms. The first-order valence-corrected chi connectivity index (χ1v) is 5.11. The number of aliphatic imine (C=N–C) groups is 1. The van der Waals surface area contributed by atoms with Gasteiger partial charge in [-0.3, -0.25) is 15.1 Å². The Balaban J connectivity index is 2.56. The van der Waals surface area contributed by atoms with Gasteiger partial charge in [0.05, 0.1) is 17.0 Å². The summed E-state index contributed by atoms with van der Waals surface area (Å²) in [6, 6.07) is 5.33. The lowest BCUT2D eigenvalue weighted by Gasteiger charge is -2.14. The SMILES string of the molecule is Cc1cccc(C2=NCCN2C)c1[N+](=O)[O-]. The number of benzene rings is 1. The first kappa shape index (κ1) is 10.6. The molecule has 5 heteroatoms. The Hall–Kier alpha value is -1.91. The van der Waals surface area contributed by atoms with Crippen molar-refractivity contribution in [2.45, 2.75) is 6.92 Å². The molecule has 0 spiro atoms. The van der Waals surface area contributed by atoms with E-state index in [0.29, 0.717) is 17.7 Å². The zero-order chi connectivity index (χ0) is 11.7. The molecule has 16 heavy (non-hydrogen) atoms. The van der Waals surface area contributed by atoms with Crippen molar-refractivity contribution < 1.29 is 4.92 Å². The van der Waals surface area contributed by atoms with Crippen LogP contribution in [0.25, 0.3) is 0 Å². The summed E-state index contributed by atoms with van der Waals surface area (Å²) in [4.78, 5) is 17.0. The molecule has 0 saturated carbocycles. The van der Waals surface area contributed by atoms with Crippen LogP contribution >= 0.6 is 0 Å². The van der Waals surface area contributed by atoms with E-state index in [-0.39, 0.29) is 10.6 Å². The first-order valence-electron chi connectivity index (χ1n) is 5.11. The number of hydrogen-bond donors (Lipinski definition) is 0. The number of nitro benzene ring substituents is 1. The van der Waals surface area contributed by atoms with Gasteiger partial charge in [-0.2, -0.15) is 0 Å². The lowest BCUT2D eigenvalue weighted by molar-refractivity contribution is -0.385. The average molecular weight is 219 g/mol. The third kappa shape index (κ3) is 1.64. The number of amidine groups is 1. The van der Waals surface area contributed by atoms with Gasteiger partial charge in [0, 0.05) is 19.2 Å². The lowest BCUT2D eigenvalue weighted by atomic mass is 10.1. The van der Waals surface area contributed by atoms with E-state index in [0.717, 1.165) is 12.4 Å². The summed E-state index contributed by atoms with van der Waals surface area (Å²) in [7, 11) is 1.90. The average Bonchev–Trinajstić information content (AvgIpc) is 2.63. The van der Waals surface area contributed by atoms with Crippen LogP contribution in [0.4, 0.5) is 5.69 Å². The molecule has 1 heterocycles. The molecule has 0 amide bonds. The van der Waals surface area contributed by atoms with Gasteiger partial charge in [0.15, 0.2) is 0 Å². The van der Waals surface area contributed by atoms with Crippen LogP contribution < -0.4 is 0 Å². The van der Waals surface area contributed by atoms with Crippen molar-refractivity contribution in [2.24, 2.45) is 4.99 Å². The van der Waals surface area contributed by atoms with Gasteiger partial charge in [-0.25, -0.2) is 0 Å². The number of likely N-dealkylation sites (N-methyl/N-ethyl adjacent to an activating group) is 1. The molecule has 0 unspecified atom stereocenters. The minimum atomic E-state index is -0.334. The van der Waals surface area contributed by atoms with Crippen LogP contribution in [-0.4, -0.2) is 35.8 Å². The van der Waals surface area contributed by atoms with Gasteiger partial charge in [0.1, 0.15) is 5.84 Å². The molecular weight excluding hydrogens is 206 g/mol. The highest BCUT2D eigenvalue weighted by Gasteiger charge is 2.24. The molecule has 1 aliphatic heterocycles. The fraction of sp³-hybridized carbons (Fsp3) is 0.364. The number of hydrogen-bond acceptors (Lipinski definition) is 4. The van der Waals surface area contributed by atoms with Gasteiger partial charge in [-0.05, 0) is 13.0 Å². The third-order valence-corrected chi connectivity index (χ3v) is 2.72. The summed E-state index contributed by atoms with van der Waals surface area (Å²) in [6.45, 7) is 3.27. The van der Waals surface area contributed by atoms with E-state index < -0.39 is 0 Å². The van der Waals surface area contributed by atoms with Crippen LogP contribution in [0.1, 0.15) is 11.1 Å².